The SMILES string of the molecule is CCOC(=O)C1=C(C)N=c2s/c(=C/c3ccc(OCc4ccccc4)cc3)c(=O)n2C1c1ccc(OC(C)=O)c(OC)c1. The average Bonchev–Trinajstić information content (AvgIpc) is 3.30. The van der Waals surface area contributed by atoms with Crippen LogP contribution in [-0.4, -0.2) is 30.2 Å². The van der Waals surface area contributed by atoms with Crippen molar-refractivity contribution in [1.29, 1.82) is 0 Å². The molecule has 10 heteroatoms. The Morgan fingerprint density at radius 1 is 1.02 bits per heavy atom. The van der Waals surface area contributed by atoms with E-state index in [0.717, 1.165) is 11.1 Å². The van der Waals surface area contributed by atoms with Gasteiger partial charge < -0.3 is 18.9 Å². The molecule has 3 aromatic carbocycles. The van der Waals surface area contributed by atoms with Crippen LogP contribution < -0.4 is 29.1 Å². The second-order valence-corrected chi connectivity index (χ2v) is 10.7. The van der Waals surface area contributed by atoms with Crippen LogP contribution in [0.5, 0.6) is 17.2 Å². The second-order valence-electron chi connectivity index (χ2n) is 9.65. The highest BCUT2D eigenvalue weighted by Gasteiger charge is 2.34. The summed E-state index contributed by atoms with van der Waals surface area (Å²) in [4.78, 5) is 43.7. The maximum absolute atomic E-state index is 13.9. The fraction of sp³-hybridized carbons (Fsp3) is 0.212. The number of fused-ring (bicyclic) bond motifs is 1. The van der Waals surface area contributed by atoms with E-state index in [9.17, 15) is 14.4 Å². The first-order valence-corrected chi connectivity index (χ1v) is 14.4. The van der Waals surface area contributed by atoms with Gasteiger partial charge in [-0.15, -0.1) is 0 Å². The van der Waals surface area contributed by atoms with E-state index >= 15 is 0 Å². The van der Waals surface area contributed by atoms with Crippen molar-refractivity contribution >= 4 is 29.4 Å². The number of esters is 2. The highest BCUT2D eigenvalue weighted by atomic mass is 32.1. The summed E-state index contributed by atoms with van der Waals surface area (Å²) in [7, 11) is 1.45. The zero-order chi connectivity index (χ0) is 30.5. The van der Waals surface area contributed by atoms with Crippen LogP contribution in [0.15, 0.2) is 93.9 Å². The van der Waals surface area contributed by atoms with E-state index in [4.69, 9.17) is 18.9 Å². The number of hydrogen-bond acceptors (Lipinski definition) is 9. The number of aromatic nitrogens is 1. The Morgan fingerprint density at radius 3 is 2.44 bits per heavy atom. The fourth-order valence-electron chi connectivity index (χ4n) is 4.75. The van der Waals surface area contributed by atoms with Gasteiger partial charge in [0.2, 0.25) is 0 Å². The van der Waals surface area contributed by atoms with Crippen molar-refractivity contribution in [2.24, 2.45) is 4.99 Å². The number of allylic oxidation sites excluding steroid dienone is 1. The topological polar surface area (TPSA) is 105 Å². The number of nitrogens with zero attached hydrogens (tertiary/aromatic N) is 2. The number of carbonyl (C=O) groups is 2. The summed E-state index contributed by atoms with van der Waals surface area (Å²) in [6.45, 7) is 5.34. The first-order valence-electron chi connectivity index (χ1n) is 13.6. The average molecular weight is 599 g/mol. The number of methoxy groups -OCH3 is 1. The monoisotopic (exact) mass is 598 g/mol. The molecule has 0 fully saturated rings. The second kappa shape index (κ2) is 12.9. The minimum Gasteiger partial charge on any atom is -0.493 e. The molecule has 0 bridgehead atoms. The summed E-state index contributed by atoms with van der Waals surface area (Å²) < 4.78 is 23.9. The Morgan fingerprint density at radius 2 is 1.77 bits per heavy atom. The van der Waals surface area contributed by atoms with Crippen LogP contribution in [0, 0.1) is 0 Å². The summed E-state index contributed by atoms with van der Waals surface area (Å²) >= 11 is 1.23. The van der Waals surface area contributed by atoms with E-state index in [1.54, 1.807) is 38.1 Å². The third-order valence-corrected chi connectivity index (χ3v) is 7.68. The molecule has 0 amide bonds. The molecule has 0 spiro atoms. The summed E-state index contributed by atoms with van der Waals surface area (Å²) in [5.74, 6) is 0.140. The molecule has 2 heterocycles. The van der Waals surface area contributed by atoms with Gasteiger partial charge >= 0.3 is 11.9 Å². The maximum atomic E-state index is 13.9. The van der Waals surface area contributed by atoms with Gasteiger partial charge in [-0.05, 0) is 60.9 Å². The summed E-state index contributed by atoms with van der Waals surface area (Å²) in [5, 5.41) is 0. The molecule has 1 unspecified atom stereocenters. The van der Waals surface area contributed by atoms with Crippen LogP contribution in [0.1, 0.15) is 43.5 Å². The predicted molar refractivity (Wildman–Crippen MR) is 162 cm³/mol. The minimum atomic E-state index is -0.841. The van der Waals surface area contributed by atoms with E-state index in [1.165, 1.54) is 29.9 Å². The lowest BCUT2D eigenvalue weighted by molar-refractivity contribution is -0.139. The number of hydrogen-bond donors (Lipinski definition) is 0. The highest BCUT2D eigenvalue weighted by molar-refractivity contribution is 7.07. The molecular formula is C33H30N2O7S. The van der Waals surface area contributed by atoms with Gasteiger partial charge in [0.15, 0.2) is 16.3 Å². The standard InChI is InChI=1S/C33H30N2O7S/c1-5-40-32(38)29-20(2)34-33-35(30(29)24-13-16-26(42-21(3)36)27(18-24)39-4)31(37)28(43-33)17-22-11-14-25(15-12-22)41-19-23-9-7-6-8-10-23/h6-18,30H,5,19H2,1-4H3/b28-17+. The van der Waals surface area contributed by atoms with Crippen molar-refractivity contribution in [2.45, 2.75) is 33.4 Å². The molecule has 1 aromatic heterocycles. The molecule has 0 aliphatic carbocycles. The third kappa shape index (κ3) is 6.44. The van der Waals surface area contributed by atoms with Crippen molar-refractivity contribution in [1.82, 2.24) is 4.57 Å². The predicted octanol–water partition coefficient (Wildman–Crippen LogP) is 4.31. The van der Waals surface area contributed by atoms with E-state index in [1.807, 2.05) is 54.6 Å². The van der Waals surface area contributed by atoms with E-state index < -0.39 is 18.0 Å². The van der Waals surface area contributed by atoms with Crippen LogP contribution in [-0.2, 0) is 20.9 Å². The van der Waals surface area contributed by atoms with Gasteiger partial charge in [0.05, 0.1) is 35.6 Å². The number of benzene rings is 3. The van der Waals surface area contributed by atoms with Crippen LogP contribution in [0.25, 0.3) is 6.08 Å². The molecule has 5 rings (SSSR count). The molecule has 43 heavy (non-hydrogen) atoms. The zero-order valence-corrected chi connectivity index (χ0v) is 25.0. The molecule has 1 aliphatic rings. The molecule has 1 aliphatic heterocycles. The van der Waals surface area contributed by atoms with Crippen molar-refractivity contribution in [3.05, 3.63) is 120 Å². The molecule has 1 atom stereocenters. The lowest BCUT2D eigenvalue weighted by atomic mass is 9.95. The summed E-state index contributed by atoms with van der Waals surface area (Å²) in [5.41, 5.74) is 2.82. The molecule has 0 saturated heterocycles. The van der Waals surface area contributed by atoms with Gasteiger partial charge in [-0.25, -0.2) is 9.79 Å². The molecule has 9 nitrogen and oxygen atoms in total. The first kappa shape index (κ1) is 29.5. The van der Waals surface area contributed by atoms with Gasteiger partial charge in [0, 0.05) is 6.92 Å². The largest absolute Gasteiger partial charge is 0.493 e. The quantitative estimate of drug-likeness (QED) is 0.209. The highest BCUT2D eigenvalue weighted by Crippen LogP contribution is 2.36. The Bertz CT molecular complexity index is 1870. The van der Waals surface area contributed by atoms with Crippen LogP contribution in [0.4, 0.5) is 0 Å². The van der Waals surface area contributed by atoms with E-state index in [-0.39, 0.29) is 29.2 Å². The number of ether oxygens (including phenoxy) is 4. The molecule has 0 N–H and O–H groups in total. The Balaban J connectivity index is 1.54. The summed E-state index contributed by atoms with van der Waals surface area (Å²) in [6.07, 6.45) is 1.79. The van der Waals surface area contributed by atoms with Crippen molar-refractivity contribution in [3.8, 4) is 17.2 Å². The van der Waals surface area contributed by atoms with Crippen LogP contribution >= 0.6 is 11.3 Å². The summed E-state index contributed by atoms with van der Waals surface area (Å²) in [6, 6.07) is 21.4. The van der Waals surface area contributed by atoms with E-state index in [2.05, 4.69) is 4.99 Å². The molecule has 220 valence electrons. The normalized spacial score (nSPS) is 14.5. The molecule has 4 aromatic rings. The van der Waals surface area contributed by atoms with E-state index in [0.29, 0.717) is 33.0 Å². The number of thiazole rings is 1. The van der Waals surface area contributed by atoms with Crippen molar-refractivity contribution in [3.63, 3.8) is 0 Å². The Labute approximate surface area is 252 Å². The molecule has 0 radical (unpaired) electrons. The molecule has 0 saturated carbocycles. The van der Waals surface area contributed by atoms with Crippen molar-refractivity contribution < 1.29 is 28.5 Å². The van der Waals surface area contributed by atoms with Gasteiger partial charge in [0.25, 0.3) is 5.56 Å². The van der Waals surface area contributed by atoms with Gasteiger partial charge in [-0.3, -0.25) is 14.2 Å². The Hall–Kier alpha value is -4.96. The zero-order valence-electron chi connectivity index (χ0n) is 24.2. The lowest BCUT2D eigenvalue weighted by Gasteiger charge is -2.25. The minimum absolute atomic E-state index is 0.159. The smallest absolute Gasteiger partial charge is 0.338 e. The van der Waals surface area contributed by atoms with Gasteiger partial charge in [-0.1, -0.05) is 59.9 Å². The number of carbonyl (C=O) groups excluding carboxylic acids is 2. The molecular weight excluding hydrogens is 568 g/mol. The van der Waals surface area contributed by atoms with Crippen molar-refractivity contribution in [2.75, 3.05) is 13.7 Å². The van der Waals surface area contributed by atoms with Crippen LogP contribution in [0.3, 0.4) is 0 Å². The van der Waals surface area contributed by atoms with Gasteiger partial charge in [0.1, 0.15) is 12.4 Å². The third-order valence-electron chi connectivity index (χ3n) is 6.70. The Kier molecular flexibility index (Phi) is 8.87. The fourth-order valence-corrected chi connectivity index (χ4v) is 5.80. The van der Waals surface area contributed by atoms with Crippen LogP contribution in [0.2, 0.25) is 0 Å². The number of rotatable bonds is 9. The first-order chi connectivity index (χ1) is 20.8. The van der Waals surface area contributed by atoms with Gasteiger partial charge in [-0.2, -0.15) is 0 Å². The lowest BCUT2D eigenvalue weighted by Crippen LogP contribution is -2.40. The maximum Gasteiger partial charge on any atom is 0.338 e.